The van der Waals surface area contributed by atoms with E-state index in [-0.39, 0.29) is 0 Å². The van der Waals surface area contributed by atoms with Crippen molar-refractivity contribution in [2.45, 2.75) is 12.2 Å². The number of thioether (sulfide) groups is 1. The lowest BCUT2D eigenvalue weighted by atomic mass is 10.4. The Balaban J connectivity index is 2.59. The molecule has 0 atom stereocenters. The van der Waals surface area contributed by atoms with Crippen molar-refractivity contribution in [3.05, 3.63) is 23.0 Å². The van der Waals surface area contributed by atoms with Gasteiger partial charge in [-0.15, -0.1) is 11.3 Å². The van der Waals surface area contributed by atoms with Crippen LogP contribution in [-0.2, 0) is 12.2 Å². The summed E-state index contributed by atoms with van der Waals surface area (Å²) in [7, 11) is 0. The molecule has 0 N–H and O–H groups in total. The van der Waals surface area contributed by atoms with E-state index in [1.807, 2.05) is 0 Å². The van der Waals surface area contributed by atoms with Crippen LogP contribution in [0.25, 0.3) is 0 Å². The fraction of sp³-hybridized carbons (Fsp3) is 0.429. The molecule has 0 saturated heterocycles. The molecule has 0 unspecified atom stereocenters. The lowest BCUT2D eigenvalue weighted by Crippen LogP contribution is -1.81. The second-order valence-electron chi connectivity index (χ2n) is 1.92. The van der Waals surface area contributed by atoms with Crippen LogP contribution in [0.15, 0.2) is 5.38 Å². The average Bonchev–Trinajstić information content (AvgIpc) is 2.37. The predicted molar refractivity (Wildman–Crippen MR) is 48.4 cm³/mol. The number of thiazole rings is 1. The summed E-state index contributed by atoms with van der Waals surface area (Å²) in [4.78, 5) is 4.35. The van der Waals surface area contributed by atoms with E-state index in [0.29, 0.717) is 0 Å². The van der Waals surface area contributed by atoms with E-state index in [0.717, 1.165) is 17.9 Å². The molecule has 0 fully saturated rings. The third-order valence-electron chi connectivity index (χ3n) is 1.12. The van der Waals surface area contributed by atoms with E-state index < -0.39 is 0 Å². The minimum atomic E-state index is 0.810. The van der Waals surface area contributed by atoms with E-state index in [2.05, 4.69) is 23.5 Å². The molecule has 0 aliphatic heterocycles. The Morgan fingerprint density at radius 2 is 2.60 bits per heavy atom. The summed E-state index contributed by atoms with van der Waals surface area (Å²) >= 11 is 3.53. The van der Waals surface area contributed by atoms with Gasteiger partial charge in [-0.25, -0.2) is 4.98 Å². The maximum Gasteiger partial charge on any atom is 0.103 e. The lowest BCUT2D eigenvalue weighted by Gasteiger charge is -1.87. The molecular weight excluding hydrogens is 162 g/mol. The smallest absolute Gasteiger partial charge is 0.103 e. The Bertz CT molecular complexity index is 195. The molecule has 0 spiro atoms. The number of hydrogen-bond acceptors (Lipinski definition) is 3. The monoisotopic (exact) mass is 172 g/mol. The predicted octanol–water partition coefficient (Wildman–Crippen LogP) is 2.38. The third kappa shape index (κ3) is 1.99. The van der Waals surface area contributed by atoms with Crippen LogP contribution >= 0.6 is 23.1 Å². The first-order valence-electron chi connectivity index (χ1n) is 3.08. The quantitative estimate of drug-likeness (QED) is 0.694. The molecule has 1 rings (SSSR count). The highest BCUT2D eigenvalue weighted by Crippen LogP contribution is 2.14. The van der Waals surface area contributed by atoms with Gasteiger partial charge in [0.2, 0.25) is 0 Å². The molecule has 10 heavy (non-hydrogen) atoms. The maximum atomic E-state index is 4.35. The molecule has 1 aromatic heterocycles. The Labute approximate surface area is 69.9 Å². The van der Waals surface area contributed by atoms with Gasteiger partial charge in [-0.2, -0.15) is 11.8 Å². The van der Waals surface area contributed by atoms with Crippen molar-refractivity contribution >= 4 is 23.1 Å². The van der Waals surface area contributed by atoms with Gasteiger partial charge in [0.1, 0.15) is 5.01 Å². The fourth-order valence-corrected chi connectivity index (χ4v) is 2.20. The second-order valence-corrected chi connectivity index (χ2v) is 3.72. The van der Waals surface area contributed by atoms with Crippen LogP contribution in [0.3, 0.4) is 0 Å². The first-order valence-corrected chi connectivity index (χ1v) is 5.35. The van der Waals surface area contributed by atoms with Crippen LogP contribution in [0.2, 0.25) is 0 Å². The van der Waals surface area contributed by atoms with Crippen LogP contribution < -0.4 is 0 Å². The zero-order valence-corrected chi connectivity index (χ0v) is 7.60. The highest BCUT2D eigenvalue weighted by atomic mass is 32.2. The van der Waals surface area contributed by atoms with E-state index >= 15 is 0 Å². The van der Waals surface area contributed by atoms with Crippen molar-refractivity contribution in [2.75, 3.05) is 6.26 Å². The van der Waals surface area contributed by atoms with E-state index in [9.17, 15) is 0 Å². The summed E-state index contributed by atoms with van der Waals surface area (Å²) in [5.41, 5.74) is 1.12. The van der Waals surface area contributed by atoms with Gasteiger partial charge in [0.15, 0.2) is 0 Å². The first kappa shape index (κ1) is 8.08. The fourth-order valence-electron chi connectivity index (χ4n) is 0.654. The number of aromatic nitrogens is 1. The van der Waals surface area contributed by atoms with Crippen LogP contribution in [0, 0.1) is 6.92 Å². The molecule has 0 aliphatic carbocycles. The van der Waals surface area contributed by atoms with Gasteiger partial charge in [0.25, 0.3) is 0 Å². The topological polar surface area (TPSA) is 12.9 Å². The van der Waals surface area contributed by atoms with Gasteiger partial charge in [-0.05, 0) is 19.6 Å². The minimum absolute atomic E-state index is 0.810. The van der Waals surface area contributed by atoms with Gasteiger partial charge in [0.05, 0.1) is 5.69 Å². The normalized spacial score (nSPS) is 10.2. The molecule has 1 radical (unpaired) electrons. The summed E-state index contributed by atoms with van der Waals surface area (Å²) in [6, 6.07) is 0. The van der Waals surface area contributed by atoms with Crippen molar-refractivity contribution in [1.82, 2.24) is 4.98 Å². The van der Waals surface area contributed by atoms with Gasteiger partial charge < -0.3 is 0 Å². The van der Waals surface area contributed by atoms with Crippen LogP contribution in [0.5, 0.6) is 0 Å². The molecule has 1 nitrogen and oxygen atoms in total. The highest BCUT2D eigenvalue weighted by Gasteiger charge is 1.97. The van der Waals surface area contributed by atoms with Crippen molar-refractivity contribution in [3.8, 4) is 0 Å². The molecule has 0 amide bonds. The first-order chi connectivity index (χ1) is 4.86. The van der Waals surface area contributed by atoms with E-state index in [1.165, 1.54) is 5.01 Å². The van der Waals surface area contributed by atoms with Gasteiger partial charge in [-0.3, -0.25) is 0 Å². The lowest BCUT2D eigenvalue weighted by molar-refractivity contribution is 1.11. The summed E-state index contributed by atoms with van der Waals surface area (Å²) in [6.45, 7) is 3.77. The Kier molecular flexibility index (Phi) is 3.22. The molecule has 1 aromatic rings. The van der Waals surface area contributed by atoms with Crippen molar-refractivity contribution in [3.63, 3.8) is 0 Å². The summed E-state index contributed by atoms with van der Waals surface area (Å²) < 4.78 is 0. The summed E-state index contributed by atoms with van der Waals surface area (Å²) in [6.07, 6.45) is 2.90. The third-order valence-corrected chi connectivity index (χ3v) is 2.77. The number of hydrogen-bond donors (Lipinski definition) is 0. The van der Waals surface area contributed by atoms with E-state index in [4.69, 9.17) is 0 Å². The number of rotatable bonds is 3. The Morgan fingerprint density at radius 1 is 1.80 bits per heavy atom. The maximum absolute atomic E-state index is 4.35. The van der Waals surface area contributed by atoms with Crippen molar-refractivity contribution in [1.29, 1.82) is 0 Å². The zero-order chi connectivity index (χ0) is 7.40. The van der Waals surface area contributed by atoms with Gasteiger partial charge >= 0.3 is 0 Å². The minimum Gasteiger partial charge on any atom is -0.245 e. The summed E-state index contributed by atoms with van der Waals surface area (Å²) in [5.74, 6) is 1.03. The Hall–Kier alpha value is -0.0200. The molecule has 1 heterocycles. The highest BCUT2D eigenvalue weighted by molar-refractivity contribution is 7.97. The summed E-state index contributed by atoms with van der Waals surface area (Å²) in [5, 5.41) is 3.30. The standard InChI is InChI=1S/C7H10NS2/c1-3-6-4-10-7(8-6)5-9-2/h4H,1,3,5H2,2H3. The Morgan fingerprint density at radius 3 is 3.10 bits per heavy atom. The molecule has 0 aliphatic rings. The van der Waals surface area contributed by atoms with Gasteiger partial charge in [-0.1, -0.05) is 0 Å². The molecule has 3 heteroatoms. The van der Waals surface area contributed by atoms with Crippen LogP contribution in [-0.4, -0.2) is 11.2 Å². The largest absolute Gasteiger partial charge is 0.245 e. The van der Waals surface area contributed by atoms with Gasteiger partial charge in [0, 0.05) is 11.1 Å². The van der Waals surface area contributed by atoms with Crippen LogP contribution in [0.1, 0.15) is 10.7 Å². The molecule has 0 saturated carbocycles. The number of nitrogens with zero attached hydrogens (tertiary/aromatic N) is 1. The van der Waals surface area contributed by atoms with Crippen molar-refractivity contribution in [2.24, 2.45) is 0 Å². The van der Waals surface area contributed by atoms with E-state index in [1.54, 1.807) is 23.1 Å². The van der Waals surface area contributed by atoms with Crippen LogP contribution in [0.4, 0.5) is 0 Å². The zero-order valence-electron chi connectivity index (χ0n) is 5.96. The average molecular weight is 172 g/mol. The molecule has 55 valence electrons. The SMILES string of the molecule is [CH2]Cc1csc(CSC)n1. The molecular formula is C7H10NS2. The molecule has 0 aromatic carbocycles. The second kappa shape index (κ2) is 3.98. The van der Waals surface area contributed by atoms with Crippen molar-refractivity contribution < 1.29 is 0 Å². The molecule has 0 bridgehead atoms.